The molecule has 1 aliphatic rings. The molecule has 0 spiro atoms. The molecule has 114 valence electrons. The lowest BCUT2D eigenvalue weighted by molar-refractivity contribution is -0.120. The van der Waals surface area contributed by atoms with Gasteiger partial charge < -0.3 is 10.4 Å². The molecule has 0 heterocycles. The lowest BCUT2D eigenvalue weighted by Crippen LogP contribution is -2.24. The first kappa shape index (κ1) is 15.5. The summed E-state index contributed by atoms with van der Waals surface area (Å²) in [6, 6.07) is 1.45. The zero-order valence-corrected chi connectivity index (χ0v) is 12.4. The van der Waals surface area contributed by atoms with Gasteiger partial charge in [-0.3, -0.25) is 4.79 Å². The van der Waals surface area contributed by atoms with Gasteiger partial charge in [-0.2, -0.15) is 0 Å². The normalized spacial score (nSPS) is 16.6. The van der Waals surface area contributed by atoms with Crippen LogP contribution in [0.25, 0.3) is 0 Å². The van der Waals surface area contributed by atoms with Crippen molar-refractivity contribution in [1.82, 2.24) is 5.32 Å². The van der Waals surface area contributed by atoms with Crippen LogP contribution in [0.3, 0.4) is 0 Å². The van der Waals surface area contributed by atoms with Crippen LogP contribution in [0.5, 0.6) is 5.75 Å². The van der Waals surface area contributed by atoms with Crippen molar-refractivity contribution in [3.63, 3.8) is 0 Å². The molecule has 1 atom stereocenters. The third kappa shape index (κ3) is 3.26. The van der Waals surface area contributed by atoms with Gasteiger partial charge in [-0.1, -0.05) is 13.0 Å². The minimum absolute atomic E-state index is 0.0430. The smallest absolute Gasteiger partial charge is 0.219 e. The van der Waals surface area contributed by atoms with Gasteiger partial charge in [-0.25, -0.2) is 4.39 Å². The zero-order chi connectivity index (χ0) is 15.4. The molecule has 0 radical (unpaired) electrons. The van der Waals surface area contributed by atoms with E-state index in [9.17, 15) is 14.3 Å². The van der Waals surface area contributed by atoms with E-state index in [0.29, 0.717) is 24.9 Å². The number of benzene rings is 1. The molecular weight excluding hydrogens is 269 g/mol. The average Bonchev–Trinajstić information content (AvgIpc) is 2.86. The summed E-state index contributed by atoms with van der Waals surface area (Å²) in [6.07, 6.45) is 5.20. The first-order chi connectivity index (χ1) is 10.1. The van der Waals surface area contributed by atoms with Gasteiger partial charge in [-0.05, 0) is 48.8 Å². The molecule has 1 aromatic rings. The van der Waals surface area contributed by atoms with Crippen LogP contribution < -0.4 is 5.32 Å². The Kier molecular flexibility index (Phi) is 4.99. The number of nitrogens with one attached hydrogen (secondary N) is 1. The SMILES string of the molecule is C=CCc1c(O)c(F)cc2c1[C@H](CCNC(=O)CC)CC2. The van der Waals surface area contributed by atoms with E-state index in [1.54, 1.807) is 6.08 Å². The summed E-state index contributed by atoms with van der Waals surface area (Å²) in [5, 5.41) is 12.8. The number of phenolic OH excluding ortho intramolecular Hbond substituents is 1. The number of carbonyl (C=O) groups excluding carboxylic acids is 1. The molecule has 4 heteroatoms. The first-order valence-corrected chi connectivity index (χ1v) is 7.49. The van der Waals surface area contributed by atoms with Crippen LogP contribution in [-0.4, -0.2) is 17.6 Å². The van der Waals surface area contributed by atoms with E-state index in [-0.39, 0.29) is 17.6 Å². The number of aryl methyl sites for hydroxylation is 1. The minimum Gasteiger partial charge on any atom is -0.505 e. The number of amides is 1. The quantitative estimate of drug-likeness (QED) is 0.791. The molecule has 0 aliphatic heterocycles. The minimum atomic E-state index is -0.550. The van der Waals surface area contributed by atoms with E-state index >= 15 is 0 Å². The fourth-order valence-electron chi connectivity index (χ4n) is 3.10. The molecule has 2 rings (SSSR count). The number of hydrogen-bond acceptors (Lipinski definition) is 2. The molecule has 1 aromatic carbocycles. The fourth-order valence-corrected chi connectivity index (χ4v) is 3.10. The van der Waals surface area contributed by atoms with Gasteiger partial charge in [0.2, 0.25) is 5.91 Å². The summed E-state index contributed by atoms with van der Waals surface area (Å²) in [5.41, 5.74) is 2.69. The van der Waals surface area contributed by atoms with E-state index in [1.807, 2.05) is 6.92 Å². The Hall–Kier alpha value is -1.84. The molecule has 0 fully saturated rings. The van der Waals surface area contributed by atoms with Gasteiger partial charge in [0.05, 0.1) is 0 Å². The lowest BCUT2D eigenvalue weighted by Gasteiger charge is -2.17. The fraction of sp³-hybridized carbons (Fsp3) is 0.471. The van der Waals surface area contributed by atoms with Crippen LogP contribution in [0.15, 0.2) is 18.7 Å². The Balaban J connectivity index is 2.19. The molecular formula is C17H22FNO2. The summed E-state index contributed by atoms with van der Waals surface area (Å²) in [5.74, 6) is -0.497. The van der Waals surface area contributed by atoms with E-state index in [2.05, 4.69) is 11.9 Å². The highest BCUT2D eigenvalue weighted by molar-refractivity contribution is 5.75. The summed E-state index contributed by atoms with van der Waals surface area (Å²) in [7, 11) is 0. The molecule has 21 heavy (non-hydrogen) atoms. The number of rotatable bonds is 6. The lowest BCUT2D eigenvalue weighted by atomic mass is 9.91. The Labute approximate surface area is 124 Å². The topological polar surface area (TPSA) is 49.3 Å². The Morgan fingerprint density at radius 1 is 1.62 bits per heavy atom. The Morgan fingerprint density at radius 2 is 2.38 bits per heavy atom. The molecule has 1 aliphatic carbocycles. The molecule has 0 saturated carbocycles. The highest BCUT2D eigenvalue weighted by Crippen LogP contribution is 2.42. The third-order valence-corrected chi connectivity index (χ3v) is 4.14. The molecule has 0 bridgehead atoms. The van der Waals surface area contributed by atoms with Crippen molar-refractivity contribution in [2.24, 2.45) is 0 Å². The molecule has 1 amide bonds. The number of hydrogen-bond donors (Lipinski definition) is 2. The maximum atomic E-state index is 13.7. The predicted molar refractivity (Wildman–Crippen MR) is 80.9 cm³/mol. The van der Waals surface area contributed by atoms with E-state index in [4.69, 9.17) is 0 Å². The number of phenols is 1. The van der Waals surface area contributed by atoms with E-state index < -0.39 is 5.82 Å². The van der Waals surface area contributed by atoms with Crippen molar-refractivity contribution in [3.8, 4) is 5.75 Å². The van der Waals surface area contributed by atoms with Crippen LogP contribution in [0.2, 0.25) is 0 Å². The van der Waals surface area contributed by atoms with Gasteiger partial charge in [0.25, 0.3) is 0 Å². The van der Waals surface area contributed by atoms with Gasteiger partial charge >= 0.3 is 0 Å². The summed E-state index contributed by atoms with van der Waals surface area (Å²) in [4.78, 5) is 11.3. The molecule has 3 nitrogen and oxygen atoms in total. The van der Waals surface area contributed by atoms with Gasteiger partial charge in [0.15, 0.2) is 11.6 Å². The van der Waals surface area contributed by atoms with Crippen LogP contribution in [0.4, 0.5) is 4.39 Å². The second kappa shape index (κ2) is 6.74. The van der Waals surface area contributed by atoms with E-state index in [0.717, 1.165) is 30.4 Å². The van der Waals surface area contributed by atoms with Gasteiger partial charge in [0, 0.05) is 18.5 Å². The Morgan fingerprint density at radius 3 is 3.05 bits per heavy atom. The van der Waals surface area contributed by atoms with Crippen molar-refractivity contribution in [3.05, 3.63) is 41.2 Å². The second-order valence-corrected chi connectivity index (χ2v) is 5.48. The molecule has 0 unspecified atom stereocenters. The summed E-state index contributed by atoms with van der Waals surface area (Å²) >= 11 is 0. The van der Waals surface area contributed by atoms with Crippen molar-refractivity contribution in [2.45, 2.75) is 44.9 Å². The monoisotopic (exact) mass is 291 g/mol. The van der Waals surface area contributed by atoms with E-state index in [1.165, 1.54) is 6.07 Å². The van der Waals surface area contributed by atoms with Crippen LogP contribution in [0, 0.1) is 5.82 Å². The van der Waals surface area contributed by atoms with Crippen molar-refractivity contribution >= 4 is 5.91 Å². The molecule has 0 saturated heterocycles. The maximum absolute atomic E-state index is 13.7. The number of halogens is 1. The largest absolute Gasteiger partial charge is 0.505 e. The van der Waals surface area contributed by atoms with Crippen molar-refractivity contribution in [2.75, 3.05) is 6.54 Å². The summed E-state index contributed by atoms with van der Waals surface area (Å²) < 4.78 is 13.7. The average molecular weight is 291 g/mol. The number of fused-ring (bicyclic) bond motifs is 1. The zero-order valence-electron chi connectivity index (χ0n) is 12.4. The Bertz CT molecular complexity index is 554. The van der Waals surface area contributed by atoms with Crippen LogP contribution in [-0.2, 0) is 17.6 Å². The highest BCUT2D eigenvalue weighted by atomic mass is 19.1. The molecule has 0 aromatic heterocycles. The predicted octanol–water partition coefficient (Wildman–Crippen LogP) is 3.21. The summed E-state index contributed by atoms with van der Waals surface area (Å²) in [6.45, 7) is 6.12. The maximum Gasteiger partial charge on any atom is 0.219 e. The van der Waals surface area contributed by atoms with Gasteiger partial charge in [-0.15, -0.1) is 6.58 Å². The third-order valence-electron chi connectivity index (χ3n) is 4.14. The van der Waals surface area contributed by atoms with Gasteiger partial charge in [0.1, 0.15) is 0 Å². The second-order valence-electron chi connectivity index (χ2n) is 5.48. The number of aromatic hydroxyl groups is 1. The van der Waals surface area contributed by atoms with Crippen molar-refractivity contribution in [1.29, 1.82) is 0 Å². The first-order valence-electron chi connectivity index (χ1n) is 7.49. The molecule has 2 N–H and O–H groups in total. The van der Waals surface area contributed by atoms with Crippen molar-refractivity contribution < 1.29 is 14.3 Å². The standard InChI is InChI=1S/C17H22FNO2/c1-3-5-13-16-11(8-9-19-15(20)4-2)6-7-12(16)10-14(18)17(13)21/h3,10-11,21H,1,4-9H2,2H3,(H,19,20)/t11-/m0/s1. The number of carbonyl (C=O) groups is 1. The number of allylic oxidation sites excluding steroid dienone is 1. The van der Waals surface area contributed by atoms with Crippen LogP contribution >= 0.6 is 0 Å². The highest BCUT2D eigenvalue weighted by Gasteiger charge is 2.28. The van der Waals surface area contributed by atoms with Crippen LogP contribution in [0.1, 0.15) is 48.8 Å².